The van der Waals surface area contributed by atoms with E-state index < -0.39 is 5.54 Å². The van der Waals surface area contributed by atoms with E-state index >= 15 is 0 Å². The smallest absolute Gasteiger partial charge is 0.199 e. The Balaban J connectivity index is 2.02. The number of nitrogens with zero attached hydrogens (tertiary/aromatic N) is 4. The van der Waals surface area contributed by atoms with Gasteiger partial charge in [0.1, 0.15) is 17.6 Å². The first kappa shape index (κ1) is 22.5. The highest BCUT2D eigenvalue weighted by molar-refractivity contribution is 6.01. The molecular weight excluding hydrogens is 408 g/mol. The van der Waals surface area contributed by atoms with E-state index in [2.05, 4.69) is 67.3 Å². The Labute approximate surface area is 195 Å². The summed E-state index contributed by atoms with van der Waals surface area (Å²) in [4.78, 5) is 4.65. The number of benzene rings is 3. The van der Waals surface area contributed by atoms with Gasteiger partial charge >= 0.3 is 0 Å². The Morgan fingerprint density at radius 1 is 0.788 bits per heavy atom. The van der Waals surface area contributed by atoms with E-state index in [0.717, 1.165) is 29.5 Å². The molecule has 0 amide bonds. The largest absolute Gasteiger partial charge is 0.411 e. The van der Waals surface area contributed by atoms with Crippen LogP contribution in [0.5, 0.6) is 0 Å². The predicted molar refractivity (Wildman–Crippen MR) is 132 cm³/mol. The van der Waals surface area contributed by atoms with Crippen molar-refractivity contribution in [3.8, 4) is 0 Å². The average molecular weight is 439 g/mol. The molecule has 0 saturated carbocycles. The molecule has 0 aliphatic carbocycles. The van der Waals surface area contributed by atoms with Gasteiger partial charge < -0.3 is 5.21 Å². The van der Waals surface area contributed by atoms with Crippen LogP contribution in [0, 0.1) is 5.41 Å². The van der Waals surface area contributed by atoms with Crippen LogP contribution in [0.2, 0.25) is 0 Å². The summed E-state index contributed by atoms with van der Waals surface area (Å²) in [5, 5.41) is 18.6. The van der Waals surface area contributed by atoms with E-state index in [1.165, 1.54) is 0 Å². The Hall–Kier alpha value is -3.73. The van der Waals surface area contributed by atoms with Crippen molar-refractivity contribution in [1.29, 1.82) is 0 Å². The van der Waals surface area contributed by atoms with E-state index in [4.69, 9.17) is 5.10 Å². The lowest BCUT2D eigenvalue weighted by Crippen LogP contribution is -2.38. The molecule has 0 unspecified atom stereocenters. The molecule has 168 valence electrons. The summed E-state index contributed by atoms with van der Waals surface area (Å²) >= 11 is 0. The van der Waals surface area contributed by atoms with Crippen LogP contribution in [0.1, 0.15) is 56.1 Å². The highest BCUT2D eigenvalue weighted by Crippen LogP contribution is 2.40. The summed E-state index contributed by atoms with van der Waals surface area (Å²) in [6, 6.07) is 31.0. The van der Waals surface area contributed by atoms with Gasteiger partial charge in [-0.1, -0.05) is 117 Å². The maximum atomic E-state index is 9.94. The molecular formula is C28H30N4O. The zero-order valence-electron chi connectivity index (χ0n) is 19.4. The molecule has 1 N–H and O–H groups in total. The van der Waals surface area contributed by atoms with Crippen molar-refractivity contribution in [2.24, 2.45) is 10.6 Å². The molecule has 33 heavy (non-hydrogen) atoms. The molecule has 1 heterocycles. The average Bonchev–Trinajstić information content (AvgIpc) is 3.36. The second kappa shape index (κ2) is 9.41. The quantitative estimate of drug-likeness (QED) is 0.156. The topological polar surface area (TPSA) is 63.3 Å². The molecule has 3 aromatic carbocycles. The third kappa shape index (κ3) is 3.84. The third-order valence-electron chi connectivity index (χ3n) is 6.85. The summed E-state index contributed by atoms with van der Waals surface area (Å²) in [7, 11) is 0. The normalized spacial score (nSPS) is 12.6. The molecule has 0 radical (unpaired) electrons. The highest BCUT2D eigenvalue weighted by atomic mass is 16.4. The van der Waals surface area contributed by atoms with Crippen LogP contribution in [0.3, 0.4) is 0 Å². The minimum atomic E-state index is -0.746. The fourth-order valence-corrected chi connectivity index (χ4v) is 4.49. The molecule has 0 aliphatic rings. The third-order valence-corrected chi connectivity index (χ3v) is 6.85. The first-order chi connectivity index (χ1) is 16.1. The number of oxime groups is 1. The Morgan fingerprint density at radius 2 is 1.21 bits per heavy atom. The second-order valence-electron chi connectivity index (χ2n) is 8.54. The Kier molecular flexibility index (Phi) is 6.40. The van der Waals surface area contributed by atoms with Gasteiger partial charge in [-0.15, -0.1) is 5.10 Å². The van der Waals surface area contributed by atoms with E-state index in [-0.39, 0.29) is 5.41 Å². The van der Waals surface area contributed by atoms with Crippen LogP contribution in [0.25, 0.3) is 0 Å². The summed E-state index contributed by atoms with van der Waals surface area (Å²) in [6.45, 7) is 6.27. The van der Waals surface area contributed by atoms with Crippen LogP contribution >= 0.6 is 0 Å². The minimum absolute atomic E-state index is 0.324. The van der Waals surface area contributed by atoms with Crippen molar-refractivity contribution in [2.75, 3.05) is 0 Å². The Morgan fingerprint density at radius 3 is 1.58 bits per heavy atom. The summed E-state index contributed by atoms with van der Waals surface area (Å²) < 4.78 is 1.90. The Bertz CT molecular complexity index is 1100. The minimum Gasteiger partial charge on any atom is -0.411 e. The number of aromatic nitrogens is 3. The van der Waals surface area contributed by atoms with Gasteiger partial charge in [0, 0.05) is 5.41 Å². The second-order valence-corrected chi connectivity index (χ2v) is 8.54. The first-order valence-electron chi connectivity index (χ1n) is 11.4. The summed E-state index contributed by atoms with van der Waals surface area (Å²) in [6.07, 6.45) is 3.39. The van der Waals surface area contributed by atoms with Crippen molar-refractivity contribution >= 4 is 5.71 Å². The molecule has 0 spiro atoms. The highest BCUT2D eigenvalue weighted by Gasteiger charge is 2.41. The lowest BCUT2D eigenvalue weighted by molar-refractivity contribution is 0.303. The molecule has 5 nitrogen and oxygen atoms in total. The summed E-state index contributed by atoms with van der Waals surface area (Å²) in [5.74, 6) is 0.441. The fraction of sp³-hybridized carbons (Fsp3) is 0.250. The van der Waals surface area contributed by atoms with Gasteiger partial charge in [-0.3, -0.25) is 0 Å². The fourth-order valence-electron chi connectivity index (χ4n) is 4.49. The standard InChI is InChI=1S/C28H30N4O/c1-4-27(3,5-2)25(31-33)26-29-21-32(30-26)28(22-15-9-6-10-16-22,23-17-11-7-12-18-23)24-19-13-8-14-20-24/h6-21,33H,4-5H2,1-3H3. The van der Waals surface area contributed by atoms with E-state index in [1.807, 2.05) is 59.3 Å². The zero-order chi connectivity index (χ0) is 23.3. The van der Waals surface area contributed by atoms with Crippen molar-refractivity contribution in [2.45, 2.75) is 39.2 Å². The van der Waals surface area contributed by atoms with Crippen LogP contribution in [0.15, 0.2) is 102 Å². The molecule has 0 aliphatic heterocycles. The van der Waals surface area contributed by atoms with Crippen molar-refractivity contribution < 1.29 is 5.21 Å². The van der Waals surface area contributed by atoms with Gasteiger partial charge in [0.2, 0.25) is 0 Å². The molecule has 4 rings (SSSR count). The maximum absolute atomic E-state index is 9.94. The van der Waals surface area contributed by atoms with Crippen molar-refractivity contribution in [3.63, 3.8) is 0 Å². The number of rotatable bonds is 8. The molecule has 0 atom stereocenters. The van der Waals surface area contributed by atoms with Gasteiger partial charge in [0.05, 0.1) is 0 Å². The summed E-state index contributed by atoms with van der Waals surface area (Å²) in [5.41, 5.74) is 2.63. The monoisotopic (exact) mass is 438 g/mol. The molecule has 5 heteroatoms. The number of hydrogen-bond acceptors (Lipinski definition) is 4. The molecule has 4 aromatic rings. The number of hydrogen-bond donors (Lipinski definition) is 1. The van der Waals surface area contributed by atoms with Crippen molar-refractivity contribution in [3.05, 3.63) is 120 Å². The SMILES string of the molecule is CCC(C)(CC)C(=NO)c1ncn(C(c2ccccc2)(c2ccccc2)c2ccccc2)n1. The van der Waals surface area contributed by atoms with Gasteiger partial charge in [-0.25, -0.2) is 9.67 Å². The van der Waals surface area contributed by atoms with E-state index in [0.29, 0.717) is 11.5 Å². The van der Waals surface area contributed by atoms with Gasteiger partial charge in [0.25, 0.3) is 0 Å². The predicted octanol–water partition coefficient (Wildman–Crippen LogP) is 6.12. The van der Waals surface area contributed by atoms with Crippen LogP contribution in [0.4, 0.5) is 0 Å². The van der Waals surface area contributed by atoms with Gasteiger partial charge in [0.15, 0.2) is 5.82 Å². The van der Waals surface area contributed by atoms with Crippen LogP contribution in [-0.4, -0.2) is 25.7 Å². The lowest BCUT2D eigenvalue weighted by atomic mass is 9.77. The van der Waals surface area contributed by atoms with Crippen LogP contribution in [-0.2, 0) is 5.54 Å². The van der Waals surface area contributed by atoms with Gasteiger partial charge in [-0.05, 0) is 29.5 Å². The molecule has 0 bridgehead atoms. The lowest BCUT2D eigenvalue weighted by Gasteiger charge is -2.36. The van der Waals surface area contributed by atoms with Crippen molar-refractivity contribution in [1.82, 2.24) is 14.8 Å². The molecule has 0 fully saturated rings. The molecule has 0 saturated heterocycles. The maximum Gasteiger partial charge on any atom is 0.199 e. The van der Waals surface area contributed by atoms with E-state index in [9.17, 15) is 5.21 Å². The van der Waals surface area contributed by atoms with E-state index in [1.54, 1.807) is 6.33 Å². The van der Waals surface area contributed by atoms with Gasteiger partial charge in [-0.2, -0.15) is 0 Å². The first-order valence-corrected chi connectivity index (χ1v) is 11.4. The molecule has 1 aromatic heterocycles. The van der Waals surface area contributed by atoms with Crippen LogP contribution < -0.4 is 0 Å². The zero-order valence-corrected chi connectivity index (χ0v) is 19.4.